The average molecular weight is 246 g/mol. The summed E-state index contributed by atoms with van der Waals surface area (Å²) in [5.41, 5.74) is 1.32. The zero-order chi connectivity index (χ0) is 13.1. The molecule has 0 saturated heterocycles. The fourth-order valence-electron chi connectivity index (χ4n) is 1.62. The molecule has 18 heavy (non-hydrogen) atoms. The Kier molecular flexibility index (Phi) is 3.32. The van der Waals surface area contributed by atoms with Crippen LogP contribution in [-0.4, -0.2) is 23.8 Å². The van der Waals surface area contributed by atoms with E-state index in [2.05, 4.69) is 4.98 Å². The lowest BCUT2D eigenvalue weighted by Gasteiger charge is -2.09. The highest BCUT2D eigenvalue weighted by Crippen LogP contribution is 2.30. The van der Waals surface area contributed by atoms with Gasteiger partial charge in [0.25, 0.3) is 5.56 Å². The SMILES string of the molecule is COc1ccc(-c2cc(=O)n(C)cn2)cc1OC. The normalized spacial score (nSPS) is 10.2. The molecule has 0 fully saturated rings. The third-order valence-electron chi connectivity index (χ3n) is 2.66. The van der Waals surface area contributed by atoms with Gasteiger partial charge in [-0.05, 0) is 18.2 Å². The maximum absolute atomic E-state index is 11.6. The van der Waals surface area contributed by atoms with Crippen LogP contribution >= 0.6 is 0 Å². The van der Waals surface area contributed by atoms with Crippen LogP contribution in [0, 0.1) is 0 Å². The summed E-state index contributed by atoms with van der Waals surface area (Å²) in [5, 5.41) is 0. The van der Waals surface area contributed by atoms with Gasteiger partial charge in [0.1, 0.15) is 0 Å². The maximum atomic E-state index is 11.6. The molecule has 0 spiro atoms. The number of nitrogens with zero attached hydrogens (tertiary/aromatic N) is 2. The van der Waals surface area contributed by atoms with Gasteiger partial charge in [0.05, 0.1) is 26.2 Å². The molecule has 2 rings (SSSR count). The smallest absolute Gasteiger partial charge is 0.253 e. The lowest BCUT2D eigenvalue weighted by molar-refractivity contribution is 0.355. The second kappa shape index (κ2) is 4.91. The Bertz CT molecular complexity index is 620. The summed E-state index contributed by atoms with van der Waals surface area (Å²) in [7, 11) is 4.81. The zero-order valence-electron chi connectivity index (χ0n) is 10.5. The van der Waals surface area contributed by atoms with Crippen molar-refractivity contribution in [3.63, 3.8) is 0 Å². The van der Waals surface area contributed by atoms with Crippen molar-refractivity contribution < 1.29 is 9.47 Å². The molecule has 0 aliphatic rings. The molecular formula is C13H14N2O3. The van der Waals surface area contributed by atoms with Crippen molar-refractivity contribution in [2.24, 2.45) is 7.05 Å². The van der Waals surface area contributed by atoms with Crippen LogP contribution in [-0.2, 0) is 7.05 Å². The van der Waals surface area contributed by atoms with Crippen molar-refractivity contribution in [3.05, 3.63) is 40.9 Å². The molecule has 0 bridgehead atoms. The Morgan fingerprint density at radius 1 is 1.11 bits per heavy atom. The Hall–Kier alpha value is -2.30. The predicted octanol–water partition coefficient (Wildman–Crippen LogP) is 1.46. The van der Waals surface area contributed by atoms with Gasteiger partial charge in [-0.15, -0.1) is 0 Å². The van der Waals surface area contributed by atoms with Gasteiger partial charge in [0.15, 0.2) is 11.5 Å². The first-order valence-corrected chi connectivity index (χ1v) is 5.41. The highest BCUT2D eigenvalue weighted by molar-refractivity contribution is 5.63. The van der Waals surface area contributed by atoms with E-state index in [0.29, 0.717) is 17.2 Å². The van der Waals surface area contributed by atoms with E-state index in [0.717, 1.165) is 5.56 Å². The molecular weight excluding hydrogens is 232 g/mol. The molecule has 0 saturated carbocycles. The van der Waals surface area contributed by atoms with Crippen molar-refractivity contribution in [1.82, 2.24) is 9.55 Å². The second-order valence-corrected chi connectivity index (χ2v) is 3.79. The lowest BCUT2D eigenvalue weighted by Crippen LogP contribution is -2.15. The minimum atomic E-state index is -0.102. The number of aryl methyl sites for hydroxylation is 1. The van der Waals surface area contributed by atoms with Gasteiger partial charge < -0.3 is 14.0 Å². The first-order chi connectivity index (χ1) is 8.65. The van der Waals surface area contributed by atoms with Crippen LogP contribution < -0.4 is 15.0 Å². The fourth-order valence-corrected chi connectivity index (χ4v) is 1.62. The summed E-state index contributed by atoms with van der Waals surface area (Å²) in [6, 6.07) is 6.90. The average Bonchev–Trinajstić information content (AvgIpc) is 2.41. The standard InChI is InChI=1S/C13H14N2O3/c1-15-8-14-10(7-13(15)16)9-4-5-11(17-2)12(6-9)18-3/h4-8H,1-3H3. The molecule has 1 heterocycles. The van der Waals surface area contributed by atoms with E-state index in [-0.39, 0.29) is 5.56 Å². The number of hydrogen-bond acceptors (Lipinski definition) is 4. The van der Waals surface area contributed by atoms with Crippen molar-refractivity contribution >= 4 is 0 Å². The van der Waals surface area contributed by atoms with Gasteiger partial charge in [-0.25, -0.2) is 4.98 Å². The van der Waals surface area contributed by atoms with Crippen LogP contribution in [0.1, 0.15) is 0 Å². The van der Waals surface area contributed by atoms with E-state index in [1.54, 1.807) is 33.4 Å². The second-order valence-electron chi connectivity index (χ2n) is 3.79. The minimum absolute atomic E-state index is 0.102. The van der Waals surface area contributed by atoms with Crippen LogP contribution in [0.15, 0.2) is 35.4 Å². The molecule has 5 nitrogen and oxygen atoms in total. The number of rotatable bonds is 3. The Balaban J connectivity index is 2.50. The van der Waals surface area contributed by atoms with Crippen LogP contribution in [0.4, 0.5) is 0 Å². The molecule has 2 aromatic rings. The predicted molar refractivity (Wildman–Crippen MR) is 68.0 cm³/mol. The van der Waals surface area contributed by atoms with Gasteiger partial charge in [-0.2, -0.15) is 0 Å². The van der Waals surface area contributed by atoms with Gasteiger partial charge in [0, 0.05) is 18.7 Å². The highest BCUT2D eigenvalue weighted by Gasteiger charge is 2.07. The van der Waals surface area contributed by atoms with E-state index in [1.807, 2.05) is 6.07 Å². The van der Waals surface area contributed by atoms with Crippen molar-refractivity contribution in [2.75, 3.05) is 14.2 Å². The molecule has 0 aliphatic heterocycles. The molecule has 0 aliphatic carbocycles. The first kappa shape index (κ1) is 12.2. The summed E-state index contributed by atoms with van der Waals surface area (Å²) in [6.07, 6.45) is 1.49. The van der Waals surface area contributed by atoms with Crippen molar-refractivity contribution in [2.45, 2.75) is 0 Å². The molecule has 0 radical (unpaired) electrons. The van der Waals surface area contributed by atoms with E-state index in [9.17, 15) is 4.79 Å². The molecule has 1 aromatic carbocycles. The Morgan fingerprint density at radius 2 is 1.83 bits per heavy atom. The number of hydrogen-bond donors (Lipinski definition) is 0. The molecule has 94 valence electrons. The monoisotopic (exact) mass is 246 g/mol. The van der Waals surface area contributed by atoms with Crippen LogP contribution in [0.2, 0.25) is 0 Å². The lowest BCUT2D eigenvalue weighted by atomic mass is 10.1. The van der Waals surface area contributed by atoms with Crippen LogP contribution in [0.5, 0.6) is 11.5 Å². The molecule has 1 aromatic heterocycles. The third-order valence-corrected chi connectivity index (χ3v) is 2.66. The highest BCUT2D eigenvalue weighted by atomic mass is 16.5. The van der Waals surface area contributed by atoms with Gasteiger partial charge in [-0.1, -0.05) is 0 Å². The number of benzene rings is 1. The number of ether oxygens (including phenoxy) is 2. The summed E-state index contributed by atoms with van der Waals surface area (Å²) in [6.45, 7) is 0. The molecule has 0 unspecified atom stereocenters. The summed E-state index contributed by atoms with van der Waals surface area (Å²) in [5.74, 6) is 1.25. The van der Waals surface area contributed by atoms with Crippen LogP contribution in [0.25, 0.3) is 11.3 Å². The fraction of sp³-hybridized carbons (Fsp3) is 0.231. The van der Waals surface area contributed by atoms with Crippen molar-refractivity contribution in [3.8, 4) is 22.8 Å². The topological polar surface area (TPSA) is 53.4 Å². The van der Waals surface area contributed by atoms with Gasteiger partial charge in [0.2, 0.25) is 0 Å². The molecule has 0 amide bonds. The summed E-state index contributed by atoms with van der Waals surface area (Å²) in [4.78, 5) is 15.8. The Morgan fingerprint density at radius 3 is 2.44 bits per heavy atom. The molecule has 0 atom stereocenters. The van der Waals surface area contributed by atoms with E-state index < -0.39 is 0 Å². The zero-order valence-corrected chi connectivity index (χ0v) is 10.5. The van der Waals surface area contributed by atoms with E-state index in [1.165, 1.54) is 17.0 Å². The first-order valence-electron chi connectivity index (χ1n) is 5.41. The largest absolute Gasteiger partial charge is 0.493 e. The quantitative estimate of drug-likeness (QED) is 0.822. The van der Waals surface area contributed by atoms with Crippen LogP contribution in [0.3, 0.4) is 0 Å². The summed E-state index contributed by atoms with van der Waals surface area (Å²) < 4.78 is 11.8. The third kappa shape index (κ3) is 2.20. The van der Waals surface area contributed by atoms with Gasteiger partial charge >= 0.3 is 0 Å². The molecule has 5 heteroatoms. The number of methoxy groups -OCH3 is 2. The van der Waals surface area contributed by atoms with E-state index >= 15 is 0 Å². The van der Waals surface area contributed by atoms with E-state index in [4.69, 9.17) is 9.47 Å². The number of aromatic nitrogens is 2. The maximum Gasteiger partial charge on any atom is 0.253 e. The van der Waals surface area contributed by atoms with Gasteiger partial charge in [-0.3, -0.25) is 4.79 Å². The van der Waals surface area contributed by atoms with Crippen molar-refractivity contribution in [1.29, 1.82) is 0 Å². The Labute approximate surface area is 105 Å². The molecule has 0 N–H and O–H groups in total. The minimum Gasteiger partial charge on any atom is -0.493 e. The summed E-state index contributed by atoms with van der Waals surface area (Å²) >= 11 is 0.